The van der Waals surface area contributed by atoms with Gasteiger partial charge in [0.2, 0.25) is 11.8 Å². The highest BCUT2D eigenvalue weighted by Gasteiger charge is 2.48. The van der Waals surface area contributed by atoms with Crippen molar-refractivity contribution in [1.82, 2.24) is 5.32 Å². The summed E-state index contributed by atoms with van der Waals surface area (Å²) in [6.07, 6.45) is -4.21. The quantitative estimate of drug-likeness (QED) is 0.553. The summed E-state index contributed by atoms with van der Waals surface area (Å²) >= 11 is 0. The first kappa shape index (κ1) is 20.9. The number of alkyl halides is 3. The van der Waals surface area contributed by atoms with Gasteiger partial charge in [0.15, 0.2) is 0 Å². The molecule has 5 nitrogen and oxygen atoms in total. The number of fused-ring (bicyclic) bond motifs is 1. The number of nitrogens with one attached hydrogen (secondary N) is 2. The summed E-state index contributed by atoms with van der Waals surface area (Å²) in [6.45, 7) is 1.70. The Morgan fingerprint density at radius 3 is 2.55 bits per heavy atom. The number of hydrogen-bond acceptors (Lipinski definition) is 3. The van der Waals surface area contributed by atoms with E-state index < -0.39 is 41.3 Å². The van der Waals surface area contributed by atoms with Crippen LogP contribution in [0.5, 0.6) is 0 Å². The van der Waals surface area contributed by atoms with Gasteiger partial charge in [-0.2, -0.15) is 13.2 Å². The lowest BCUT2D eigenvalue weighted by Gasteiger charge is -2.12. The van der Waals surface area contributed by atoms with Crippen LogP contribution in [0.1, 0.15) is 30.7 Å². The Morgan fingerprint density at radius 1 is 1.06 bits per heavy atom. The first-order chi connectivity index (χ1) is 14.6. The minimum Gasteiger partial charge on any atom is -0.459 e. The van der Waals surface area contributed by atoms with Crippen LogP contribution in [0.15, 0.2) is 52.9 Å². The van der Waals surface area contributed by atoms with E-state index in [1.54, 1.807) is 13.0 Å². The lowest BCUT2D eigenvalue weighted by molar-refractivity contribution is -0.137. The molecule has 0 radical (unpaired) electrons. The van der Waals surface area contributed by atoms with Crippen LogP contribution < -0.4 is 10.6 Å². The van der Waals surface area contributed by atoms with Crippen LogP contribution in [0.3, 0.4) is 0 Å². The zero-order valence-electron chi connectivity index (χ0n) is 16.3. The average Bonchev–Trinajstić information content (AvgIpc) is 3.40. The van der Waals surface area contributed by atoms with Crippen LogP contribution in [0.2, 0.25) is 0 Å². The number of hydrogen-bond donors (Lipinski definition) is 2. The third kappa shape index (κ3) is 4.55. The maximum Gasteiger partial charge on any atom is 0.416 e. The van der Waals surface area contributed by atoms with Crippen molar-refractivity contribution < 1.29 is 31.6 Å². The van der Waals surface area contributed by atoms with Gasteiger partial charge in [0.05, 0.1) is 23.4 Å². The highest BCUT2D eigenvalue weighted by Crippen LogP contribution is 2.40. The van der Waals surface area contributed by atoms with Crippen molar-refractivity contribution in [2.75, 3.05) is 5.32 Å². The smallest absolute Gasteiger partial charge is 0.416 e. The van der Waals surface area contributed by atoms with Crippen molar-refractivity contribution >= 4 is 28.5 Å². The molecule has 4 rings (SSSR count). The Balaban J connectivity index is 1.35. The number of carbonyl (C=O) groups is 2. The Bertz CT molecular complexity index is 1160. The summed E-state index contributed by atoms with van der Waals surface area (Å²) in [7, 11) is 0. The van der Waals surface area contributed by atoms with E-state index in [1.165, 1.54) is 30.3 Å². The van der Waals surface area contributed by atoms with E-state index in [0.29, 0.717) is 23.2 Å². The van der Waals surface area contributed by atoms with Gasteiger partial charge in [-0.05, 0) is 55.8 Å². The minimum absolute atomic E-state index is 0.0220. The molecule has 1 unspecified atom stereocenters. The molecule has 1 aliphatic carbocycles. The zero-order chi connectivity index (χ0) is 22.3. The number of furan rings is 1. The van der Waals surface area contributed by atoms with Crippen molar-refractivity contribution in [3.63, 3.8) is 0 Å². The van der Waals surface area contributed by atoms with Gasteiger partial charge in [0.1, 0.15) is 17.2 Å². The molecule has 1 aromatic heterocycles. The molecular formula is C22H18F4N2O3. The van der Waals surface area contributed by atoms with E-state index in [9.17, 15) is 27.2 Å². The third-order valence-corrected chi connectivity index (χ3v) is 5.20. The van der Waals surface area contributed by atoms with E-state index in [1.807, 2.05) is 0 Å². The normalized spacial score (nSPS) is 19.1. The van der Waals surface area contributed by atoms with Crippen molar-refractivity contribution in [2.45, 2.75) is 25.6 Å². The molecule has 0 saturated heterocycles. The molecule has 2 aromatic carbocycles. The van der Waals surface area contributed by atoms with E-state index >= 15 is 0 Å². The zero-order valence-corrected chi connectivity index (χ0v) is 16.3. The Hall–Kier alpha value is -3.36. The van der Waals surface area contributed by atoms with Crippen LogP contribution in [0.4, 0.5) is 23.2 Å². The van der Waals surface area contributed by atoms with Gasteiger partial charge in [-0.15, -0.1) is 0 Å². The van der Waals surface area contributed by atoms with Gasteiger partial charge >= 0.3 is 6.18 Å². The molecule has 3 atom stereocenters. The molecule has 0 spiro atoms. The second-order valence-electron chi connectivity index (χ2n) is 7.58. The lowest BCUT2D eigenvalue weighted by Crippen LogP contribution is -2.29. The first-order valence-electron chi connectivity index (χ1n) is 9.59. The van der Waals surface area contributed by atoms with Gasteiger partial charge in [-0.25, -0.2) is 4.39 Å². The number of halogens is 4. The number of carbonyl (C=O) groups excluding carboxylic acids is 2. The molecule has 2 amide bonds. The third-order valence-electron chi connectivity index (χ3n) is 5.20. The highest BCUT2D eigenvalue weighted by atomic mass is 19.4. The van der Waals surface area contributed by atoms with E-state index in [2.05, 4.69) is 10.6 Å². The molecule has 162 valence electrons. The molecule has 1 aliphatic rings. The lowest BCUT2D eigenvalue weighted by atomic mass is 10.2. The van der Waals surface area contributed by atoms with Crippen LogP contribution in [0.25, 0.3) is 11.0 Å². The maximum atomic E-state index is 13.3. The fourth-order valence-electron chi connectivity index (χ4n) is 3.42. The number of rotatable bonds is 5. The fraction of sp³-hybridized carbons (Fsp3) is 0.273. The number of anilines is 1. The first-order valence-corrected chi connectivity index (χ1v) is 9.59. The maximum absolute atomic E-state index is 13.3. The van der Waals surface area contributed by atoms with E-state index in [0.717, 1.165) is 12.1 Å². The Labute approximate surface area is 174 Å². The van der Waals surface area contributed by atoms with Gasteiger partial charge in [-0.1, -0.05) is 6.07 Å². The van der Waals surface area contributed by atoms with Gasteiger partial charge in [-0.3, -0.25) is 9.59 Å². The number of amides is 2. The molecule has 1 heterocycles. The molecule has 31 heavy (non-hydrogen) atoms. The number of benzene rings is 2. The van der Waals surface area contributed by atoms with Crippen LogP contribution >= 0.6 is 0 Å². The topological polar surface area (TPSA) is 71.3 Å². The second kappa shape index (κ2) is 7.72. The van der Waals surface area contributed by atoms with Crippen LogP contribution in [0, 0.1) is 17.7 Å². The molecule has 0 aliphatic heterocycles. The van der Waals surface area contributed by atoms with Crippen LogP contribution in [-0.4, -0.2) is 11.8 Å². The molecule has 1 saturated carbocycles. The monoisotopic (exact) mass is 434 g/mol. The van der Waals surface area contributed by atoms with Gasteiger partial charge < -0.3 is 15.1 Å². The molecule has 2 N–H and O–H groups in total. The Morgan fingerprint density at radius 2 is 1.81 bits per heavy atom. The van der Waals surface area contributed by atoms with E-state index in [4.69, 9.17) is 4.42 Å². The highest BCUT2D eigenvalue weighted by molar-refractivity contribution is 5.99. The van der Waals surface area contributed by atoms with Crippen molar-refractivity contribution in [2.24, 2.45) is 11.8 Å². The SMILES string of the molecule is CC(NC(=O)[C@@H]1C[C@H]1C(=O)Nc1cccc(C(F)(F)F)c1)c1cc2cc(F)ccc2o1. The minimum atomic E-state index is -4.51. The predicted molar refractivity (Wildman–Crippen MR) is 104 cm³/mol. The molecule has 3 aromatic rings. The standard InChI is InChI=1S/C22H18F4N2O3/c1-11(19-8-12-7-14(23)5-6-18(12)31-19)27-20(29)16-10-17(16)21(30)28-15-4-2-3-13(9-15)22(24,25)26/h2-9,11,16-17H,10H2,1H3,(H,27,29)(H,28,30)/t11?,16-,17-/m1/s1. The van der Waals surface area contributed by atoms with E-state index in [-0.39, 0.29) is 11.6 Å². The summed E-state index contributed by atoms with van der Waals surface area (Å²) in [4.78, 5) is 24.8. The predicted octanol–water partition coefficient (Wildman–Crippen LogP) is 5.04. The Kier molecular flexibility index (Phi) is 5.20. The molecule has 0 bridgehead atoms. The summed E-state index contributed by atoms with van der Waals surface area (Å²) in [6, 6.07) is 9.55. The summed E-state index contributed by atoms with van der Waals surface area (Å²) < 4.78 is 57.4. The fourth-order valence-corrected chi connectivity index (χ4v) is 3.42. The molecule has 1 fully saturated rings. The van der Waals surface area contributed by atoms with Crippen molar-refractivity contribution in [3.8, 4) is 0 Å². The largest absolute Gasteiger partial charge is 0.459 e. The summed E-state index contributed by atoms with van der Waals surface area (Å²) in [5.74, 6) is -2.01. The summed E-state index contributed by atoms with van der Waals surface area (Å²) in [5, 5.41) is 5.76. The molecule has 9 heteroatoms. The molecular weight excluding hydrogens is 416 g/mol. The van der Waals surface area contributed by atoms with Crippen LogP contribution in [-0.2, 0) is 15.8 Å². The summed E-state index contributed by atoms with van der Waals surface area (Å²) in [5.41, 5.74) is -0.356. The van der Waals surface area contributed by atoms with Crippen molar-refractivity contribution in [1.29, 1.82) is 0 Å². The van der Waals surface area contributed by atoms with Gasteiger partial charge in [0.25, 0.3) is 0 Å². The van der Waals surface area contributed by atoms with Gasteiger partial charge in [0, 0.05) is 11.1 Å². The second-order valence-corrected chi connectivity index (χ2v) is 7.58. The van der Waals surface area contributed by atoms with Crippen molar-refractivity contribution in [3.05, 3.63) is 65.7 Å². The average molecular weight is 434 g/mol.